The summed E-state index contributed by atoms with van der Waals surface area (Å²) in [6.07, 6.45) is 12.8. The van der Waals surface area contributed by atoms with Gasteiger partial charge in [0.05, 0.1) is 18.4 Å². The fraction of sp³-hybridized carbons (Fsp3) is 0.962. The average molecular weight is 452 g/mol. The fourth-order valence-corrected chi connectivity index (χ4v) is 8.53. The van der Waals surface area contributed by atoms with Gasteiger partial charge in [-0.25, -0.2) is 0 Å². The summed E-state index contributed by atoms with van der Waals surface area (Å²) in [5, 5.41) is 11.1. The Hall–Kier alpha value is -0.100. The molecule has 0 heterocycles. The largest absolute Gasteiger partial charge is 0.591 e. The van der Waals surface area contributed by atoms with Crippen LogP contribution in [0.15, 0.2) is 4.40 Å². The van der Waals surface area contributed by atoms with Crippen molar-refractivity contribution >= 4 is 17.6 Å². The molecule has 4 aliphatic rings. The Morgan fingerprint density at radius 3 is 2.52 bits per heavy atom. The molecular formula is C26H45NO3S. The molecule has 0 aromatic carbocycles. The quantitative estimate of drug-likeness (QED) is 0.440. The van der Waals surface area contributed by atoms with E-state index in [1.54, 1.807) is 0 Å². The molecule has 0 amide bonds. The number of fused-ring (bicyclic) bond motifs is 5. The first-order valence-electron chi connectivity index (χ1n) is 12.8. The second-order valence-corrected chi connectivity index (χ2v) is 14.3. The average Bonchev–Trinajstić information content (AvgIpc) is 3.05. The van der Waals surface area contributed by atoms with Crippen molar-refractivity contribution in [2.24, 2.45) is 45.3 Å². The van der Waals surface area contributed by atoms with Crippen LogP contribution in [0, 0.1) is 40.9 Å². The van der Waals surface area contributed by atoms with Gasteiger partial charge in [-0.2, -0.15) is 0 Å². The van der Waals surface area contributed by atoms with Crippen LogP contribution in [0.1, 0.15) is 92.4 Å². The molecule has 0 aliphatic heterocycles. The molecule has 4 aliphatic carbocycles. The predicted molar refractivity (Wildman–Crippen MR) is 128 cm³/mol. The third-order valence-corrected chi connectivity index (χ3v) is 11.0. The van der Waals surface area contributed by atoms with Crippen molar-refractivity contribution in [3.05, 3.63) is 0 Å². The van der Waals surface area contributed by atoms with E-state index in [0.717, 1.165) is 36.5 Å². The first kappa shape index (κ1) is 24.0. The van der Waals surface area contributed by atoms with Gasteiger partial charge in [0.25, 0.3) is 0 Å². The molecule has 31 heavy (non-hydrogen) atoms. The molecule has 5 heteroatoms. The highest BCUT2D eigenvalue weighted by molar-refractivity contribution is 7.91. The summed E-state index contributed by atoms with van der Waals surface area (Å²) in [5.41, 5.74) is -0.269. The lowest BCUT2D eigenvalue weighted by Crippen LogP contribution is -2.52. The van der Waals surface area contributed by atoms with E-state index in [9.17, 15) is 9.66 Å². The topological polar surface area (TPSA) is 64.9 Å². The maximum Gasteiger partial charge on any atom is 0.144 e. The van der Waals surface area contributed by atoms with Crippen molar-refractivity contribution in [3.8, 4) is 0 Å². The van der Waals surface area contributed by atoms with Crippen LogP contribution in [0.4, 0.5) is 0 Å². The van der Waals surface area contributed by atoms with Gasteiger partial charge in [-0.15, -0.1) is 0 Å². The van der Waals surface area contributed by atoms with Gasteiger partial charge in [0.15, 0.2) is 0 Å². The molecule has 9 atom stereocenters. The molecule has 0 radical (unpaired) electrons. The van der Waals surface area contributed by atoms with Crippen molar-refractivity contribution in [1.29, 1.82) is 0 Å². The van der Waals surface area contributed by atoms with Crippen LogP contribution in [0.2, 0.25) is 0 Å². The van der Waals surface area contributed by atoms with Crippen molar-refractivity contribution in [2.75, 3.05) is 13.2 Å². The lowest BCUT2D eigenvalue weighted by atomic mass is 9.49. The molecule has 4 fully saturated rings. The molecule has 4 rings (SSSR count). The molecule has 4 nitrogen and oxygen atoms in total. The van der Waals surface area contributed by atoms with E-state index in [1.165, 1.54) is 44.9 Å². The summed E-state index contributed by atoms with van der Waals surface area (Å²) in [5.74, 6) is 4.42. The first-order chi connectivity index (χ1) is 14.6. The zero-order chi connectivity index (χ0) is 22.4. The Balaban J connectivity index is 1.43. The zero-order valence-corrected chi connectivity index (χ0v) is 21.3. The van der Waals surface area contributed by atoms with Crippen LogP contribution in [0.25, 0.3) is 0 Å². The zero-order valence-electron chi connectivity index (χ0n) is 20.4. The van der Waals surface area contributed by atoms with Crippen molar-refractivity contribution < 1.29 is 14.4 Å². The second-order valence-electron chi connectivity index (χ2n) is 12.4. The lowest BCUT2D eigenvalue weighted by Gasteiger charge is -2.57. The van der Waals surface area contributed by atoms with Gasteiger partial charge in [-0.1, -0.05) is 11.3 Å². The molecule has 0 spiro atoms. The van der Waals surface area contributed by atoms with Gasteiger partial charge in [0, 0.05) is 12.5 Å². The van der Waals surface area contributed by atoms with E-state index in [2.05, 4.69) is 17.5 Å². The summed E-state index contributed by atoms with van der Waals surface area (Å²) in [6, 6.07) is 0. The molecule has 0 saturated heterocycles. The Morgan fingerprint density at radius 2 is 1.81 bits per heavy atom. The minimum Gasteiger partial charge on any atom is -0.591 e. The highest BCUT2D eigenvalue weighted by Crippen LogP contribution is 2.64. The smallest absolute Gasteiger partial charge is 0.144 e. The molecule has 0 aromatic heterocycles. The van der Waals surface area contributed by atoms with Gasteiger partial charge in [-0.3, -0.25) is 0 Å². The number of aliphatic hydroxyl groups is 1. The summed E-state index contributed by atoms with van der Waals surface area (Å²) < 4.78 is 22.3. The van der Waals surface area contributed by atoms with Gasteiger partial charge in [0.2, 0.25) is 0 Å². The Bertz CT molecular complexity index is 664. The third-order valence-electron chi connectivity index (χ3n) is 9.61. The van der Waals surface area contributed by atoms with Gasteiger partial charge in [0.1, 0.15) is 16.1 Å². The summed E-state index contributed by atoms with van der Waals surface area (Å²) in [6.45, 7) is 11.7. The lowest BCUT2D eigenvalue weighted by molar-refractivity contribution is -0.126. The number of hydrogen-bond donors (Lipinski definition) is 1. The van der Waals surface area contributed by atoms with E-state index in [-0.39, 0.29) is 4.75 Å². The molecule has 178 valence electrons. The van der Waals surface area contributed by atoms with Gasteiger partial charge < -0.3 is 14.4 Å². The van der Waals surface area contributed by atoms with E-state index >= 15 is 0 Å². The normalized spacial score (nSPS) is 46.4. The SMILES string of the molecule is CCOC[C@@]1(O)CC[C@H]2[C@H](CC[C@@H]3[C@@H]2CC[C@]2(C)[C@@H](C=N[S+]([O-])C(C)(C)C)CC[C@@H]32)C1. The van der Waals surface area contributed by atoms with Gasteiger partial charge >= 0.3 is 0 Å². The maximum absolute atomic E-state index is 12.5. The Kier molecular flexibility index (Phi) is 6.92. The number of rotatable bonds is 5. The number of hydrogen-bond acceptors (Lipinski definition) is 4. The second kappa shape index (κ2) is 8.92. The maximum atomic E-state index is 12.5. The molecule has 0 bridgehead atoms. The Labute approximate surface area is 193 Å². The van der Waals surface area contributed by atoms with Crippen molar-refractivity contribution in [1.82, 2.24) is 0 Å². The summed E-state index contributed by atoms with van der Waals surface area (Å²) in [7, 11) is 0. The van der Waals surface area contributed by atoms with Crippen LogP contribution >= 0.6 is 0 Å². The minimum absolute atomic E-state index is 0.281. The van der Waals surface area contributed by atoms with Crippen LogP contribution in [-0.2, 0) is 16.1 Å². The van der Waals surface area contributed by atoms with E-state index in [0.29, 0.717) is 30.5 Å². The predicted octanol–water partition coefficient (Wildman–Crippen LogP) is 5.56. The molecule has 1 unspecified atom stereocenters. The molecule has 0 aromatic rings. The van der Waals surface area contributed by atoms with Crippen molar-refractivity contribution in [3.63, 3.8) is 0 Å². The van der Waals surface area contributed by atoms with Crippen LogP contribution in [0.5, 0.6) is 0 Å². The monoisotopic (exact) mass is 451 g/mol. The highest BCUT2D eigenvalue weighted by Gasteiger charge is 2.57. The fourth-order valence-electron chi connectivity index (χ4n) is 7.96. The van der Waals surface area contributed by atoms with E-state index in [4.69, 9.17) is 4.74 Å². The Morgan fingerprint density at radius 1 is 1.06 bits per heavy atom. The van der Waals surface area contributed by atoms with E-state index in [1.807, 2.05) is 27.7 Å². The van der Waals surface area contributed by atoms with E-state index < -0.39 is 17.0 Å². The minimum atomic E-state index is -1.15. The number of ether oxygens (including phenoxy) is 1. The van der Waals surface area contributed by atoms with Gasteiger partial charge in [-0.05, 0) is 120 Å². The summed E-state index contributed by atoms with van der Waals surface area (Å²) in [4.78, 5) is 0. The van der Waals surface area contributed by atoms with Crippen LogP contribution in [-0.4, -0.2) is 39.4 Å². The molecule has 4 saturated carbocycles. The molecule has 1 N–H and O–H groups in total. The number of nitrogens with zero attached hydrogens (tertiary/aromatic N) is 1. The van der Waals surface area contributed by atoms with Crippen molar-refractivity contribution in [2.45, 2.75) is 103 Å². The highest BCUT2D eigenvalue weighted by atomic mass is 32.2. The third kappa shape index (κ3) is 4.63. The standard InChI is InChI=1S/C26H45NO3S/c1-6-30-17-26(28)14-12-20-18(15-26)7-9-22-21(20)11-13-25(5)19(8-10-23(22)25)16-27-31(29)24(2,3)4/h16,18-23,28H,6-15,17H2,1-5H3/t18-,19-,20+,21-,22-,23+,25-,26-,31?/m1/s1. The summed E-state index contributed by atoms with van der Waals surface area (Å²) >= 11 is -1.15. The van der Waals surface area contributed by atoms with Crippen LogP contribution in [0.3, 0.4) is 0 Å². The van der Waals surface area contributed by atoms with Crippen LogP contribution < -0.4 is 0 Å². The first-order valence-corrected chi connectivity index (χ1v) is 13.9. The molecular weight excluding hydrogens is 406 g/mol.